The van der Waals surface area contributed by atoms with Gasteiger partial charge >= 0.3 is 0 Å². The number of nitrogens with zero attached hydrogens (tertiary/aromatic N) is 2. The Morgan fingerprint density at radius 2 is 1.80 bits per heavy atom. The lowest BCUT2D eigenvalue weighted by Crippen LogP contribution is -2.32. The summed E-state index contributed by atoms with van der Waals surface area (Å²) in [7, 11) is 0. The molecule has 0 bridgehead atoms. The van der Waals surface area contributed by atoms with Gasteiger partial charge in [-0.3, -0.25) is 9.59 Å². The predicted octanol–water partition coefficient (Wildman–Crippen LogP) is 4.52. The van der Waals surface area contributed by atoms with E-state index >= 15 is 0 Å². The number of amides is 2. The maximum Gasteiger partial charge on any atom is 0.253 e. The third kappa shape index (κ3) is 4.70. The predicted molar refractivity (Wildman–Crippen MR) is 121 cm³/mol. The van der Waals surface area contributed by atoms with Gasteiger partial charge < -0.3 is 15.2 Å². The monoisotopic (exact) mass is 406 g/mol. The van der Waals surface area contributed by atoms with E-state index in [0.29, 0.717) is 23.3 Å². The Morgan fingerprint density at radius 1 is 1.10 bits per heavy atom. The summed E-state index contributed by atoms with van der Waals surface area (Å²) in [5.41, 5.74) is 3.70. The van der Waals surface area contributed by atoms with Crippen molar-refractivity contribution in [3.8, 4) is 0 Å². The average Bonchev–Trinajstić information content (AvgIpc) is 3.02. The van der Waals surface area contributed by atoms with Crippen LogP contribution in [-0.4, -0.2) is 27.4 Å². The minimum absolute atomic E-state index is 0.0491. The lowest BCUT2D eigenvalue weighted by molar-refractivity contribution is -0.118. The summed E-state index contributed by atoms with van der Waals surface area (Å²) in [6.45, 7) is 10.2. The minimum Gasteiger partial charge on any atom is -0.350 e. The smallest absolute Gasteiger partial charge is 0.253 e. The molecule has 0 fully saturated rings. The van der Waals surface area contributed by atoms with Gasteiger partial charge in [0.15, 0.2) is 0 Å². The summed E-state index contributed by atoms with van der Waals surface area (Å²) < 4.78 is 2.06. The highest BCUT2D eigenvalue weighted by Gasteiger charge is 2.20. The lowest BCUT2D eigenvalue weighted by Gasteiger charge is -2.16. The number of anilines is 1. The van der Waals surface area contributed by atoms with Crippen molar-refractivity contribution in [3.05, 3.63) is 59.4 Å². The van der Waals surface area contributed by atoms with Crippen molar-refractivity contribution in [2.45, 2.75) is 53.6 Å². The Morgan fingerprint density at radius 3 is 2.43 bits per heavy atom. The molecule has 1 atom stereocenters. The van der Waals surface area contributed by atoms with Crippen molar-refractivity contribution in [2.75, 3.05) is 5.32 Å². The highest BCUT2D eigenvalue weighted by Crippen LogP contribution is 2.27. The quantitative estimate of drug-likeness (QED) is 0.606. The Kier molecular flexibility index (Phi) is 6.55. The van der Waals surface area contributed by atoms with Crippen LogP contribution in [0.2, 0.25) is 0 Å². The normalized spacial score (nSPS) is 12.2. The first-order valence-electron chi connectivity index (χ1n) is 10.5. The third-order valence-corrected chi connectivity index (χ3v) is 5.24. The number of fused-ring (bicyclic) bond motifs is 1. The molecule has 6 heteroatoms. The van der Waals surface area contributed by atoms with Crippen LogP contribution in [-0.2, 0) is 11.3 Å². The van der Waals surface area contributed by atoms with Crippen molar-refractivity contribution in [1.29, 1.82) is 0 Å². The van der Waals surface area contributed by atoms with Crippen LogP contribution >= 0.6 is 0 Å². The zero-order valence-corrected chi connectivity index (χ0v) is 18.3. The Hall–Kier alpha value is -3.15. The number of carbonyl (C=O) groups is 2. The van der Waals surface area contributed by atoms with Crippen molar-refractivity contribution >= 4 is 28.5 Å². The van der Waals surface area contributed by atoms with E-state index in [4.69, 9.17) is 4.98 Å². The van der Waals surface area contributed by atoms with E-state index in [2.05, 4.69) is 27.3 Å². The fourth-order valence-corrected chi connectivity index (χ4v) is 3.28. The molecule has 0 spiro atoms. The molecule has 0 aliphatic heterocycles. The first-order valence-corrected chi connectivity index (χ1v) is 10.5. The molecule has 6 nitrogen and oxygen atoms in total. The third-order valence-electron chi connectivity index (χ3n) is 5.24. The van der Waals surface area contributed by atoms with Crippen LogP contribution in [0.15, 0.2) is 42.5 Å². The molecule has 0 unspecified atom stereocenters. The maximum atomic E-state index is 13.1. The molecule has 1 heterocycles. The number of hydrogen-bond acceptors (Lipinski definition) is 3. The molecule has 1 aromatic heterocycles. The number of rotatable bonds is 7. The van der Waals surface area contributed by atoms with Gasteiger partial charge in [0.1, 0.15) is 5.82 Å². The summed E-state index contributed by atoms with van der Waals surface area (Å²) in [5, 5.41) is 5.96. The van der Waals surface area contributed by atoms with Gasteiger partial charge in [-0.2, -0.15) is 0 Å². The van der Waals surface area contributed by atoms with Crippen molar-refractivity contribution < 1.29 is 9.59 Å². The topological polar surface area (TPSA) is 76.0 Å². The molecule has 2 amide bonds. The second-order valence-electron chi connectivity index (χ2n) is 8.05. The number of nitrogens with one attached hydrogen (secondary N) is 2. The van der Waals surface area contributed by atoms with Gasteiger partial charge in [0.05, 0.1) is 16.6 Å². The summed E-state index contributed by atoms with van der Waals surface area (Å²) in [4.78, 5) is 30.1. The second-order valence-corrected chi connectivity index (χ2v) is 8.05. The number of aryl methyl sites for hydroxylation is 1. The van der Waals surface area contributed by atoms with E-state index in [0.717, 1.165) is 23.3 Å². The van der Waals surface area contributed by atoms with E-state index in [-0.39, 0.29) is 23.8 Å². The molecule has 0 radical (unpaired) electrons. The van der Waals surface area contributed by atoms with E-state index in [9.17, 15) is 9.59 Å². The standard InChI is InChI=1S/C24H30N4O2/c1-6-16(4)25-24(30)20-12-19(27-23(29)15(2)3)13-21-22(20)28(17(5)26-21)14-18-10-8-7-9-11-18/h7-13,15-16H,6,14H2,1-5H3,(H,25,30)(H,27,29)/t16-/m1/s1. The number of hydrogen-bond donors (Lipinski definition) is 2. The molecule has 0 aliphatic rings. The van der Waals surface area contributed by atoms with Gasteiger partial charge in [0.25, 0.3) is 5.91 Å². The molecule has 0 aliphatic carbocycles. The molecule has 30 heavy (non-hydrogen) atoms. The lowest BCUT2D eigenvalue weighted by atomic mass is 10.1. The van der Waals surface area contributed by atoms with Crippen LogP contribution in [0.4, 0.5) is 5.69 Å². The minimum atomic E-state index is -0.163. The molecule has 2 N–H and O–H groups in total. The molecule has 3 rings (SSSR count). The van der Waals surface area contributed by atoms with Gasteiger partial charge in [-0.1, -0.05) is 51.1 Å². The van der Waals surface area contributed by atoms with Crippen molar-refractivity contribution in [3.63, 3.8) is 0 Å². The molecule has 2 aromatic carbocycles. The summed E-state index contributed by atoms with van der Waals surface area (Å²) in [5.74, 6) is 0.404. The van der Waals surface area contributed by atoms with Crippen LogP contribution < -0.4 is 10.6 Å². The Bertz CT molecular complexity index is 1050. The summed E-state index contributed by atoms with van der Waals surface area (Å²) in [6.07, 6.45) is 0.834. The molecule has 158 valence electrons. The number of aromatic nitrogens is 2. The fraction of sp³-hybridized carbons (Fsp3) is 0.375. The van der Waals surface area contributed by atoms with Crippen LogP contribution in [0.3, 0.4) is 0 Å². The molecule has 0 saturated heterocycles. The zero-order valence-electron chi connectivity index (χ0n) is 18.3. The summed E-state index contributed by atoms with van der Waals surface area (Å²) >= 11 is 0. The summed E-state index contributed by atoms with van der Waals surface area (Å²) in [6, 6.07) is 13.7. The second kappa shape index (κ2) is 9.11. The van der Waals surface area contributed by atoms with Crippen LogP contribution in [0.1, 0.15) is 55.9 Å². The van der Waals surface area contributed by atoms with E-state index < -0.39 is 0 Å². The van der Waals surface area contributed by atoms with Gasteiger partial charge in [0, 0.05) is 24.2 Å². The van der Waals surface area contributed by atoms with Gasteiger partial charge in [-0.15, -0.1) is 0 Å². The number of benzene rings is 2. The van der Waals surface area contributed by atoms with E-state index in [1.165, 1.54) is 0 Å². The average molecular weight is 407 g/mol. The van der Waals surface area contributed by atoms with Crippen LogP contribution in [0.5, 0.6) is 0 Å². The zero-order chi connectivity index (χ0) is 21.8. The number of imidazole rings is 1. The first kappa shape index (κ1) is 21.6. The van der Waals surface area contributed by atoms with Crippen LogP contribution in [0.25, 0.3) is 11.0 Å². The van der Waals surface area contributed by atoms with Crippen LogP contribution in [0, 0.1) is 12.8 Å². The van der Waals surface area contributed by atoms with Gasteiger partial charge in [-0.05, 0) is 38.0 Å². The number of carbonyl (C=O) groups excluding carboxylic acids is 2. The maximum absolute atomic E-state index is 13.1. The van der Waals surface area contributed by atoms with E-state index in [1.807, 2.05) is 58.9 Å². The van der Waals surface area contributed by atoms with Crippen molar-refractivity contribution in [2.24, 2.45) is 5.92 Å². The first-order chi connectivity index (χ1) is 14.3. The molecular weight excluding hydrogens is 376 g/mol. The van der Waals surface area contributed by atoms with Gasteiger partial charge in [0.2, 0.25) is 5.91 Å². The SMILES string of the molecule is CC[C@@H](C)NC(=O)c1cc(NC(=O)C(C)C)cc2nc(C)n(Cc3ccccc3)c12. The molecule has 0 saturated carbocycles. The van der Waals surface area contributed by atoms with Crippen molar-refractivity contribution in [1.82, 2.24) is 14.9 Å². The largest absolute Gasteiger partial charge is 0.350 e. The Balaban J connectivity index is 2.12. The fourth-order valence-electron chi connectivity index (χ4n) is 3.28. The Labute approximate surface area is 177 Å². The highest BCUT2D eigenvalue weighted by molar-refractivity contribution is 6.08. The molecular formula is C24H30N4O2. The highest BCUT2D eigenvalue weighted by atomic mass is 16.2. The molecule has 3 aromatic rings. The van der Waals surface area contributed by atoms with E-state index in [1.54, 1.807) is 6.07 Å². The van der Waals surface area contributed by atoms with Gasteiger partial charge in [-0.25, -0.2) is 4.98 Å².